The Morgan fingerprint density at radius 1 is 1.33 bits per heavy atom. The van der Waals surface area contributed by atoms with Crippen molar-refractivity contribution in [3.8, 4) is 0 Å². The summed E-state index contributed by atoms with van der Waals surface area (Å²) in [5.41, 5.74) is 1.96. The molecule has 2 rings (SSSR count). The van der Waals surface area contributed by atoms with Crippen LogP contribution in [0.1, 0.15) is 51.4 Å². The number of rotatable bonds is 6. The molecule has 0 radical (unpaired) electrons. The Kier molecular flexibility index (Phi) is 5.49. The van der Waals surface area contributed by atoms with Gasteiger partial charge in [0.05, 0.1) is 22.0 Å². The van der Waals surface area contributed by atoms with Crippen molar-refractivity contribution in [3.63, 3.8) is 0 Å². The first-order valence-corrected chi connectivity index (χ1v) is 8.88. The van der Waals surface area contributed by atoms with Gasteiger partial charge in [0, 0.05) is 18.5 Å². The van der Waals surface area contributed by atoms with Gasteiger partial charge in [-0.05, 0) is 69.1 Å². The van der Waals surface area contributed by atoms with E-state index in [0.717, 1.165) is 41.9 Å². The molecule has 0 aliphatic carbocycles. The van der Waals surface area contributed by atoms with Gasteiger partial charge in [-0.1, -0.05) is 6.92 Å². The smallest absolute Gasteiger partial charge is 0.0776 e. The molecule has 1 N–H and O–H groups in total. The Labute approximate surface area is 136 Å². The molecule has 1 aromatic rings. The number of aliphatic hydroxyl groups is 1. The van der Waals surface area contributed by atoms with Crippen LogP contribution in [0.25, 0.3) is 0 Å². The van der Waals surface area contributed by atoms with E-state index in [2.05, 4.69) is 46.7 Å². The monoisotopic (exact) mass is 357 g/mol. The van der Waals surface area contributed by atoms with Crippen molar-refractivity contribution in [2.24, 2.45) is 0 Å². The fourth-order valence-electron chi connectivity index (χ4n) is 3.36. The Morgan fingerprint density at radius 3 is 2.48 bits per heavy atom. The number of nitrogens with zero attached hydrogens (tertiary/aromatic N) is 3. The van der Waals surface area contributed by atoms with Crippen molar-refractivity contribution in [1.82, 2.24) is 14.7 Å². The molecule has 1 saturated heterocycles. The quantitative estimate of drug-likeness (QED) is 0.850. The molecule has 1 aliphatic heterocycles. The van der Waals surface area contributed by atoms with Gasteiger partial charge in [-0.15, -0.1) is 0 Å². The second kappa shape index (κ2) is 6.80. The van der Waals surface area contributed by atoms with Gasteiger partial charge in [-0.25, -0.2) is 0 Å². The summed E-state index contributed by atoms with van der Waals surface area (Å²) in [6.07, 6.45) is 3.73. The van der Waals surface area contributed by atoms with Gasteiger partial charge in [0.1, 0.15) is 0 Å². The number of halogens is 1. The van der Waals surface area contributed by atoms with E-state index < -0.39 is 0 Å². The van der Waals surface area contributed by atoms with Gasteiger partial charge in [0.2, 0.25) is 0 Å². The first-order valence-electron chi connectivity index (χ1n) is 8.08. The number of aryl methyl sites for hydroxylation is 2. The van der Waals surface area contributed by atoms with Crippen molar-refractivity contribution >= 4 is 15.9 Å². The maximum absolute atomic E-state index is 10.9. The largest absolute Gasteiger partial charge is 0.391 e. The topological polar surface area (TPSA) is 41.3 Å². The number of aromatic nitrogens is 2. The maximum atomic E-state index is 10.9. The molecule has 0 saturated carbocycles. The molecule has 1 aliphatic rings. The van der Waals surface area contributed by atoms with E-state index in [1.165, 1.54) is 12.8 Å². The van der Waals surface area contributed by atoms with E-state index in [1.807, 2.05) is 11.6 Å². The van der Waals surface area contributed by atoms with E-state index in [1.54, 1.807) is 0 Å². The van der Waals surface area contributed by atoms with Crippen LogP contribution in [-0.4, -0.2) is 44.5 Å². The van der Waals surface area contributed by atoms with E-state index in [0.29, 0.717) is 6.42 Å². The van der Waals surface area contributed by atoms with Crippen molar-refractivity contribution in [2.75, 3.05) is 13.1 Å². The van der Waals surface area contributed by atoms with E-state index in [-0.39, 0.29) is 11.6 Å². The van der Waals surface area contributed by atoms with Crippen LogP contribution >= 0.6 is 15.9 Å². The highest BCUT2D eigenvalue weighted by atomic mass is 79.9. The van der Waals surface area contributed by atoms with Crippen LogP contribution < -0.4 is 0 Å². The molecule has 1 aromatic heterocycles. The van der Waals surface area contributed by atoms with E-state index in [9.17, 15) is 5.11 Å². The number of hydrogen-bond donors (Lipinski definition) is 1. The lowest BCUT2D eigenvalue weighted by Crippen LogP contribution is -2.54. The second-order valence-electron chi connectivity index (χ2n) is 6.29. The maximum Gasteiger partial charge on any atom is 0.0776 e. The van der Waals surface area contributed by atoms with Crippen LogP contribution in [0.2, 0.25) is 0 Å². The van der Waals surface area contributed by atoms with Crippen LogP contribution in [0.4, 0.5) is 0 Å². The molecule has 0 aromatic carbocycles. The SMILES string of the molecule is CCn1nc(C)c(Br)c1CC(O)C(C)(CC)N1CCCC1. The van der Waals surface area contributed by atoms with E-state index >= 15 is 0 Å². The Hall–Kier alpha value is -0.390. The van der Waals surface area contributed by atoms with Gasteiger partial charge < -0.3 is 5.11 Å². The zero-order valence-corrected chi connectivity index (χ0v) is 15.3. The summed E-state index contributed by atoms with van der Waals surface area (Å²) in [5.74, 6) is 0. The second-order valence-corrected chi connectivity index (χ2v) is 7.08. The van der Waals surface area contributed by atoms with Crippen molar-refractivity contribution in [3.05, 3.63) is 15.9 Å². The standard InChI is InChI=1S/C16H28BrN3O/c1-5-16(4,19-9-7-8-10-19)14(21)11-13-15(17)12(3)18-20(13)6-2/h14,21H,5-11H2,1-4H3. The summed E-state index contributed by atoms with van der Waals surface area (Å²) < 4.78 is 3.05. The summed E-state index contributed by atoms with van der Waals surface area (Å²) in [7, 11) is 0. The lowest BCUT2D eigenvalue weighted by atomic mass is 9.87. The fourth-order valence-corrected chi connectivity index (χ4v) is 3.81. The fraction of sp³-hybridized carbons (Fsp3) is 0.812. The minimum absolute atomic E-state index is 0.146. The van der Waals surface area contributed by atoms with Crippen molar-refractivity contribution in [2.45, 2.75) is 71.6 Å². The highest BCUT2D eigenvalue weighted by Gasteiger charge is 2.39. The van der Waals surface area contributed by atoms with Gasteiger partial charge in [0.15, 0.2) is 0 Å². The predicted octanol–water partition coefficient (Wildman–Crippen LogP) is 3.14. The number of hydrogen-bond acceptors (Lipinski definition) is 3. The molecule has 0 spiro atoms. The molecular weight excluding hydrogens is 330 g/mol. The normalized spacial score (nSPS) is 20.7. The summed E-state index contributed by atoms with van der Waals surface area (Å²) >= 11 is 3.63. The lowest BCUT2D eigenvalue weighted by Gasteiger charge is -2.42. The molecule has 2 unspecified atom stereocenters. The molecule has 2 heterocycles. The van der Waals surface area contributed by atoms with Gasteiger partial charge in [-0.2, -0.15) is 5.10 Å². The first-order chi connectivity index (χ1) is 9.93. The molecule has 0 bridgehead atoms. The zero-order chi connectivity index (χ0) is 15.6. The summed E-state index contributed by atoms with van der Waals surface area (Å²) in [4.78, 5) is 2.46. The molecule has 21 heavy (non-hydrogen) atoms. The highest BCUT2D eigenvalue weighted by molar-refractivity contribution is 9.10. The van der Waals surface area contributed by atoms with Crippen LogP contribution in [0.15, 0.2) is 4.47 Å². The summed E-state index contributed by atoms with van der Waals surface area (Å²) in [5, 5.41) is 15.5. The molecular formula is C16H28BrN3O. The van der Waals surface area contributed by atoms with Gasteiger partial charge in [0.25, 0.3) is 0 Å². The van der Waals surface area contributed by atoms with Crippen LogP contribution in [0, 0.1) is 6.92 Å². The molecule has 120 valence electrons. The third-order valence-corrected chi connectivity index (χ3v) is 6.13. The third-order valence-electron chi connectivity index (χ3n) is 5.10. The summed E-state index contributed by atoms with van der Waals surface area (Å²) in [6, 6.07) is 0. The van der Waals surface area contributed by atoms with Crippen LogP contribution in [-0.2, 0) is 13.0 Å². The molecule has 2 atom stereocenters. The molecule has 4 nitrogen and oxygen atoms in total. The number of aliphatic hydroxyl groups excluding tert-OH is 1. The Balaban J connectivity index is 2.21. The van der Waals surface area contributed by atoms with Gasteiger partial charge in [-0.3, -0.25) is 9.58 Å². The summed E-state index contributed by atoms with van der Waals surface area (Å²) in [6.45, 7) is 11.5. The molecule has 5 heteroatoms. The third kappa shape index (κ3) is 3.20. The van der Waals surface area contributed by atoms with E-state index in [4.69, 9.17) is 0 Å². The number of likely N-dealkylation sites (tertiary alicyclic amines) is 1. The van der Waals surface area contributed by atoms with Crippen molar-refractivity contribution < 1.29 is 5.11 Å². The lowest BCUT2D eigenvalue weighted by molar-refractivity contribution is -0.0127. The minimum atomic E-state index is -0.377. The Morgan fingerprint density at radius 2 is 1.95 bits per heavy atom. The van der Waals surface area contributed by atoms with Crippen molar-refractivity contribution in [1.29, 1.82) is 0 Å². The average molecular weight is 358 g/mol. The van der Waals surface area contributed by atoms with Crippen LogP contribution in [0.3, 0.4) is 0 Å². The minimum Gasteiger partial charge on any atom is -0.391 e. The molecule has 1 fully saturated rings. The average Bonchev–Trinajstić information content (AvgIpc) is 3.10. The zero-order valence-electron chi connectivity index (χ0n) is 13.7. The molecule has 0 amide bonds. The predicted molar refractivity (Wildman–Crippen MR) is 89.6 cm³/mol. The first kappa shape index (κ1) is 17.0. The van der Waals surface area contributed by atoms with Gasteiger partial charge >= 0.3 is 0 Å². The highest BCUT2D eigenvalue weighted by Crippen LogP contribution is 2.31. The van der Waals surface area contributed by atoms with Crippen LogP contribution in [0.5, 0.6) is 0 Å². The Bertz CT molecular complexity index is 482.